The standard InChI is InChI=1S/C21H19NO4/c23-13-14-2-1-3-18(10-14)22-19-5-4-16(15-6-8-26-9-7-15)11-17(19)12-20(22)21(24)25/h1-5,10-13,15H,6-9H2,(H,24,25). The molecule has 0 bridgehead atoms. The van der Waals surface area contributed by atoms with Gasteiger partial charge >= 0.3 is 5.97 Å². The molecule has 0 atom stereocenters. The molecule has 1 N–H and O–H groups in total. The highest BCUT2D eigenvalue weighted by atomic mass is 16.5. The summed E-state index contributed by atoms with van der Waals surface area (Å²) < 4.78 is 7.13. The zero-order valence-corrected chi connectivity index (χ0v) is 14.2. The molecular formula is C21H19NO4. The van der Waals surface area contributed by atoms with Crippen molar-refractivity contribution in [2.75, 3.05) is 13.2 Å². The Morgan fingerprint density at radius 2 is 1.92 bits per heavy atom. The van der Waals surface area contributed by atoms with E-state index in [2.05, 4.69) is 12.1 Å². The Morgan fingerprint density at radius 3 is 2.65 bits per heavy atom. The van der Waals surface area contributed by atoms with Gasteiger partial charge in [0.05, 0.1) is 5.52 Å². The number of carboxylic acid groups (broad SMARTS) is 1. The third-order valence-corrected chi connectivity index (χ3v) is 5.00. The fraction of sp³-hybridized carbons (Fsp3) is 0.238. The number of fused-ring (bicyclic) bond motifs is 1. The first-order chi connectivity index (χ1) is 12.7. The molecule has 0 saturated carbocycles. The van der Waals surface area contributed by atoms with E-state index >= 15 is 0 Å². The lowest BCUT2D eigenvalue weighted by Crippen LogP contribution is -2.13. The van der Waals surface area contributed by atoms with Gasteiger partial charge in [0.25, 0.3) is 0 Å². The number of aromatic nitrogens is 1. The van der Waals surface area contributed by atoms with Crippen molar-refractivity contribution in [1.29, 1.82) is 0 Å². The fourth-order valence-corrected chi connectivity index (χ4v) is 3.69. The van der Waals surface area contributed by atoms with E-state index in [1.54, 1.807) is 28.8 Å². The van der Waals surface area contributed by atoms with Crippen LogP contribution in [-0.2, 0) is 4.74 Å². The van der Waals surface area contributed by atoms with E-state index in [0.717, 1.165) is 43.2 Å². The van der Waals surface area contributed by atoms with Gasteiger partial charge in [-0.15, -0.1) is 0 Å². The van der Waals surface area contributed by atoms with Gasteiger partial charge < -0.3 is 14.4 Å². The molecule has 132 valence electrons. The number of benzene rings is 2. The van der Waals surface area contributed by atoms with Crippen LogP contribution in [0.1, 0.15) is 45.2 Å². The van der Waals surface area contributed by atoms with Crippen molar-refractivity contribution in [3.05, 3.63) is 65.4 Å². The van der Waals surface area contributed by atoms with E-state index in [4.69, 9.17) is 4.74 Å². The summed E-state index contributed by atoms with van der Waals surface area (Å²) in [4.78, 5) is 22.9. The summed E-state index contributed by atoms with van der Waals surface area (Å²) in [6, 6.07) is 14.8. The van der Waals surface area contributed by atoms with Gasteiger partial charge in [0.1, 0.15) is 12.0 Å². The third-order valence-electron chi connectivity index (χ3n) is 5.00. The summed E-state index contributed by atoms with van der Waals surface area (Å²) in [5.41, 5.74) is 3.41. The molecule has 1 aliphatic heterocycles. The molecule has 0 aliphatic carbocycles. The maximum absolute atomic E-state index is 11.8. The van der Waals surface area contributed by atoms with Gasteiger partial charge in [0.2, 0.25) is 0 Å². The van der Waals surface area contributed by atoms with Crippen LogP contribution in [-0.4, -0.2) is 35.1 Å². The van der Waals surface area contributed by atoms with Gasteiger partial charge in [-0.25, -0.2) is 4.79 Å². The van der Waals surface area contributed by atoms with Crippen LogP contribution in [0.4, 0.5) is 0 Å². The van der Waals surface area contributed by atoms with Crippen LogP contribution in [0, 0.1) is 0 Å². The first kappa shape index (κ1) is 16.5. The predicted molar refractivity (Wildman–Crippen MR) is 98.4 cm³/mol. The minimum atomic E-state index is -0.995. The average Bonchev–Trinajstić information content (AvgIpc) is 3.08. The topological polar surface area (TPSA) is 68.5 Å². The van der Waals surface area contributed by atoms with Crippen molar-refractivity contribution in [2.45, 2.75) is 18.8 Å². The monoisotopic (exact) mass is 349 g/mol. The number of aldehydes is 1. The van der Waals surface area contributed by atoms with Crippen LogP contribution >= 0.6 is 0 Å². The number of carbonyl (C=O) groups excluding carboxylic acids is 1. The maximum atomic E-state index is 11.8. The second-order valence-corrected chi connectivity index (χ2v) is 6.59. The summed E-state index contributed by atoms with van der Waals surface area (Å²) in [6.45, 7) is 1.53. The molecule has 0 unspecified atom stereocenters. The quantitative estimate of drug-likeness (QED) is 0.722. The summed E-state index contributed by atoms with van der Waals surface area (Å²) in [7, 11) is 0. The van der Waals surface area contributed by atoms with E-state index in [1.807, 2.05) is 12.1 Å². The smallest absolute Gasteiger partial charge is 0.352 e. The first-order valence-electron chi connectivity index (χ1n) is 8.69. The Labute approximate surface area is 150 Å². The number of hydrogen-bond acceptors (Lipinski definition) is 3. The molecule has 3 aromatic rings. The van der Waals surface area contributed by atoms with Gasteiger partial charge in [-0.05, 0) is 54.7 Å². The highest BCUT2D eigenvalue weighted by molar-refractivity contribution is 5.96. The molecule has 26 heavy (non-hydrogen) atoms. The lowest BCUT2D eigenvalue weighted by molar-refractivity contribution is 0.0688. The van der Waals surface area contributed by atoms with E-state index in [1.165, 1.54) is 5.56 Å². The Morgan fingerprint density at radius 1 is 1.12 bits per heavy atom. The van der Waals surface area contributed by atoms with Crippen LogP contribution in [0.2, 0.25) is 0 Å². The molecule has 1 aromatic heterocycles. The van der Waals surface area contributed by atoms with E-state index in [9.17, 15) is 14.7 Å². The number of rotatable bonds is 4. The fourth-order valence-electron chi connectivity index (χ4n) is 3.69. The van der Waals surface area contributed by atoms with Gasteiger partial charge in [0, 0.05) is 29.9 Å². The van der Waals surface area contributed by atoms with E-state index in [-0.39, 0.29) is 5.69 Å². The lowest BCUT2D eigenvalue weighted by atomic mass is 9.91. The summed E-state index contributed by atoms with van der Waals surface area (Å²) in [5, 5.41) is 10.6. The molecule has 0 spiro atoms. The molecule has 5 nitrogen and oxygen atoms in total. The molecule has 0 amide bonds. The molecule has 1 fully saturated rings. The Bertz CT molecular complexity index is 983. The molecule has 2 aromatic carbocycles. The van der Waals surface area contributed by atoms with Crippen LogP contribution in [0.3, 0.4) is 0 Å². The number of hydrogen-bond donors (Lipinski definition) is 1. The SMILES string of the molecule is O=Cc1cccc(-n2c(C(=O)O)cc3cc(C4CCOCC4)ccc32)c1. The lowest BCUT2D eigenvalue weighted by Gasteiger charge is -2.22. The molecule has 5 heteroatoms. The van der Waals surface area contributed by atoms with Gasteiger partial charge in [-0.3, -0.25) is 4.79 Å². The van der Waals surface area contributed by atoms with Crippen molar-refractivity contribution < 1.29 is 19.4 Å². The zero-order valence-electron chi connectivity index (χ0n) is 14.2. The highest BCUT2D eigenvalue weighted by Gasteiger charge is 2.20. The number of carboxylic acids is 1. The third kappa shape index (κ3) is 2.91. The Kier molecular flexibility index (Phi) is 4.31. The van der Waals surface area contributed by atoms with Gasteiger partial charge in [0.15, 0.2) is 0 Å². The summed E-state index contributed by atoms with van der Waals surface area (Å²) >= 11 is 0. The Balaban J connectivity index is 1.86. The largest absolute Gasteiger partial charge is 0.477 e. The van der Waals surface area contributed by atoms with Crippen LogP contribution < -0.4 is 0 Å². The predicted octanol–water partition coefficient (Wildman–Crippen LogP) is 4.04. The molecule has 4 rings (SSSR count). The molecule has 1 saturated heterocycles. The average molecular weight is 349 g/mol. The Hall–Kier alpha value is -2.92. The second-order valence-electron chi connectivity index (χ2n) is 6.59. The van der Waals surface area contributed by atoms with E-state index in [0.29, 0.717) is 17.2 Å². The highest BCUT2D eigenvalue weighted by Crippen LogP contribution is 2.32. The number of carbonyl (C=O) groups is 2. The van der Waals surface area contributed by atoms with Gasteiger partial charge in [-0.1, -0.05) is 18.2 Å². The zero-order chi connectivity index (χ0) is 18.1. The van der Waals surface area contributed by atoms with Gasteiger partial charge in [-0.2, -0.15) is 0 Å². The van der Waals surface area contributed by atoms with E-state index < -0.39 is 5.97 Å². The minimum absolute atomic E-state index is 0.187. The number of ether oxygens (including phenoxy) is 1. The second kappa shape index (κ2) is 6.77. The molecule has 0 radical (unpaired) electrons. The summed E-state index contributed by atoms with van der Waals surface area (Å²) in [6.07, 6.45) is 2.73. The molecule has 2 heterocycles. The van der Waals surface area contributed by atoms with Crippen molar-refractivity contribution >= 4 is 23.2 Å². The van der Waals surface area contributed by atoms with Crippen LogP contribution in [0.15, 0.2) is 48.5 Å². The van der Waals surface area contributed by atoms with Crippen LogP contribution in [0.25, 0.3) is 16.6 Å². The summed E-state index contributed by atoms with van der Waals surface area (Å²) in [5.74, 6) is -0.548. The molecule has 1 aliphatic rings. The van der Waals surface area contributed by atoms with Crippen molar-refractivity contribution in [3.8, 4) is 5.69 Å². The van der Waals surface area contributed by atoms with Crippen molar-refractivity contribution in [3.63, 3.8) is 0 Å². The van der Waals surface area contributed by atoms with Crippen molar-refractivity contribution in [1.82, 2.24) is 4.57 Å². The molecular weight excluding hydrogens is 330 g/mol. The minimum Gasteiger partial charge on any atom is -0.477 e. The first-order valence-corrected chi connectivity index (χ1v) is 8.69. The number of nitrogens with zero attached hydrogens (tertiary/aromatic N) is 1. The maximum Gasteiger partial charge on any atom is 0.352 e. The normalized spacial score (nSPS) is 15.2. The number of aromatic carboxylic acids is 1. The van der Waals surface area contributed by atoms with Crippen LogP contribution in [0.5, 0.6) is 0 Å². The van der Waals surface area contributed by atoms with Crippen molar-refractivity contribution in [2.24, 2.45) is 0 Å².